The van der Waals surface area contributed by atoms with E-state index in [-0.39, 0.29) is 11.0 Å². The Morgan fingerprint density at radius 2 is 0.500 bits per heavy atom. The SMILES string of the molecule is O.O.c1cc(-c2cc(-c3ccncc3)c(-c3ccncc3)cc2-c2ccncc2)ccn1. The van der Waals surface area contributed by atoms with Gasteiger partial charge in [0, 0.05) is 49.6 Å². The summed E-state index contributed by atoms with van der Waals surface area (Å²) in [6, 6.07) is 20.9. The Hall–Kier alpha value is -4.26. The largest absolute Gasteiger partial charge is 0.412 e. The first-order valence-corrected chi connectivity index (χ1v) is 9.70. The second kappa shape index (κ2) is 10.2. The number of hydrogen-bond acceptors (Lipinski definition) is 4. The van der Waals surface area contributed by atoms with Crippen molar-refractivity contribution >= 4 is 0 Å². The zero-order valence-corrected chi connectivity index (χ0v) is 17.2. The lowest BCUT2D eigenvalue weighted by Crippen LogP contribution is -1.93. The van der Waals surface area contributed by atoms with E-state index in [2.05, 4.69) is 32.1 Å². The van der Waals surface area contributed by atoms with E-state index in [1.165, 1.54) is 0 Å². The standard InChI is InChI=1S/C26H18N4.2H2O/c1-9-27-10-2-19(1)23-17-25(21-5-13-29-14-6-21)26(22-7-15-30-16-8-22)18-24(23)20-3-11-28-12-4-20;;/h1-18H;2*1H2. The highest BCUT2D eigenvalue weighted by atomic mass is 16.0. The second-order valence-corrected chi connectivity index (χ2v) is 6.89. The third-order valence-electron chi connectivity index (χ3n) is 5.12. The number of hydrogen-bond donors (Lipinski definition) is 0. The molecule has 4 N–H and O–H groups in total. The highest BCUT2D eigenvalue weighted by Crippen LogP contribution is 2.41. The number of benzene rings is 1. The van der Waals surface area contributed by atoms with Crippen LogP contribution in [0.1, 0.15) is 0 Å². The quantitative estimate of drug-likeness (QED) is 0.430. The van der Waals surface area contributed by atoms with Crippen molar-refractivity contribution in [1.82, 2.24) is 19.9 Å². The molecule has 0 amide bonds. The molecule has 5 rings (SSSR count). The normalized spacial score (nSPS) is 10.0. The molecule has 0 fully saturated rings. The van der Waals surface area contributed by atoms with Crippen molar-refractivity contribution in [2.24, 2.45) is 0 Å². The van der Waals surface area contributed by atoms with Gasteiger partial charge in [-0.05, 0) is 105 Å². The van der Waals surface area contributed by atoms with E-state index in [0.717, 1.165) is 44.5 Å². The fraction of sp³-hybridized carbons (Fsp3) is 0. The molecule has 0 bridgehead atoms. The van der Waals surface area contributed by atoms with Crippen molar-refractivity contribution in [3.8, 4) is 44.5 Å². The molecule has 0 aliphatic heterocycles. The van der Waals surface area contributed by atoms with E-state index in [1.807, 2.05) is 98.1 Å². The summed E-state index contributed by atoms with van der Waals surface area (Å²) in [5.41, 5.74) is 9.06. The van der Waals surface area contributed by atoms with Crippen LogP contribution in [-0.2, 0) is 0 Å². The van der Waals surface area contributed by atoms with Gasteiger partial charge in [0.15, 0.2) is 0 Å². The molecule has 4 heterocycles. The first kappa shape index (κ1) is 22.4. The maximum absolute atomic E-state index is 4.19. The van der Waals surface area contributed by atoms with E-state index in [0.29, 0.717) is 0 Å². The summed E-state index contributed by atoms with van der Waals surface area (Å²) in [4.78, 5) is 16.8. The average molecular weight is 422 g/mol. The summed E-state index contributed by atoms with van der Waals surface area (Å²) in [6.07, 6.45) is 14.6. The van der Waals surface area contributed by atoms with Gasteiger partial charge in [-0.15, -0.1) is 0 Å². The summed E-state index contributed by atoms with van der Waals surface area (Å²) in [7, 11) is 0. The Morgan fingerprint density at radius 3 is 0.688 bits per heavy atom. The summed E-state index contributed by atoms with van der Waals surface area (Å²) < 4.78 is 0. The van der Waals surface area contributed by atoms with Gasteiger partial charge in [-0.1, -0.05) is 0 Å². The van der Waals surface area contributed by atoms with Crippen molar-refractivity contribution in [3.63, 3.8) is 0 Å². The van der Waals surface area contributed by atoms with Crippen molar-refractivity contribution in [1.29, 1.82) is 0 Å². The van der Waals surface area contributed by atoms with Gasteiger partial charge in [-0.2, -0.15) is 0 Å². The predicted octanol–water partition coefficient (Wildman–Crippen LogP) is 4.29. The first-order chi connectivity index (χ1) is 14.9. The van der Waals surface area contributed by atoms with Gasteiger partial charge in [0.2, 0.25) is 0 Å². The molecule has 32 heavy (non-hydrogen) atoms. The fourth-order valence-electron chi connectivity index (χ4n) is 3.68. The van der Waals surface area contributed by atoms with E-state index in [1.54, 1.807) is 0 Å². The molecule has 0 radical (unpaired) electrons. The van der Waals surface area contributed by atoms with Gasteiger partial charge >= 0.3 is 0 Å². The topological polar surface area (TPSA) is 115 Å². The summed E-state index contributed by atoms with van der Waals surface area (Å²) in [5.74, 6) is 0. The van der Waals surface area contributed by atoms with Gasteiger partial charge in [-0.25, -0.2) is 0 Å². The second-order valence-electron chi connectivity index (χ2n) is 6.89. The Kier molecular flexibility index (Phi) is 7.13. The zero-order chi connectivity index (χ0) is 20.2. The third kappa shape index (κ3) is 4.41. The van der Waals surface area contributed by atoms with Crippen LogP contribution in [0.3, 0.4) is 0 Å². The Labute approximate surface area is 185 Å². The molecule has 1 aromatic carbocycles. The molecular weight excluding hydrogens is 400 g/mol. The lowest BCUT2D eigenvalue weighted by molar-refractivity contribution is 0.823. The Morgan fingerprint density at radius 1 is 0.312 bits per heavy atom. The Bertz CT molecular complexity index is 1070. The average Bonchev–Trinajstić information content (AvgIpc) is 2.85. The maximum Gasteiger partial charge on any atom is 0.0273 e. The summed E-state index contributed by atoms with van der Waals surface area (Å²) >= 11 is 0. The lowest BCUT2D eigenvalue weighted by atomic mass is 9.86. The predicted molar refractivity (Wildman–Crippen MR) is 127 cm³/mol. The number of nitrogens with zero attached hydrogens (tertiary/aromatic N) is 4. The van der Waals surface area contributed by atoms with E-state index >= 15 is 0 Å². The maximum atomic E-state index is 4.19. The van der Waals surface area contributed by atoms with Gasteiger partial charge in [0.25, 0.3) is 0 Å². The fourth-order valence-corrected chi connectivity index (χ4v) is 3.68. The van der Waals surface area contributed by atoms with Crippen LogP contribution in [0.25, 0.3) is 44.5 Å². The molecule has 6 nitrogen and oxygen atoms in total. The molecule has 158 valence electrons. The van der Waals surface area contributed by atoms with Crippen LogP contribution < -0.4 is 0 Å². The van der Waals surface area contributed by atoms with Gasteiger partial charge in [0.1, 0.15) is 0 Å². The van der Waals surface area contributed by atoms with Gasteiger partial charge in [-0.3, -0.25) is 19.9 Å². The lowest BCUT2D eigenvalue weighted by Gasteiger charge is -2.18. The van der Waals surface area contributed by atoms with E-state index in [9.17, 15) is 0 Å². The van der Waals surface area contributed by atoms with Crippen LogP contribution >= 0.6 is 0 Å². The minimum atomic E-state index is 0. The van der Waals surface area contributed by atoms with Crippen LogP contribution in [-0.4, -0.2) is 30.9 Å². The monoisotopic (exact) mass is 422 g/mol. The number of aromatic nitrogens is 4. The molecule has 0 saturated heterocycles. The molecule has 4 aromatic heterocycles. The molecule has 0 saturated carbocycles. The molecule has 5 aromatic rings. The molecule has 6 heteroatoms. The molecule has 0 unspecified atom stereocenters. The summed E-state index contributed by atoms with van der Waals surface area (Å²) in [6.45, 7) is 0. The van der Waals surface area contributed by atoms with Crippen molar-refractivity contribution in [2.75, 3.05) is 0 Å². The minimum absolute atomic E-state index is 0. The van der Waals surface area contributed by atoms with Crippen LogP contribution in [0.4, 0.5) is 0 Å². The van der Waals surface area contributed by atoms with Gasteiger partial charge in [0.05, 0.1) is 0 Å². The van der Waals surface area contributed by atoms with E-state index < -0.39 is 0 Å². The molecule has 0 aliphatic carbocycles. The number of rotatable bonds is 4. The zero-order valence-electron chi connectivity index (χ0n) is 17.2. The van der Waals surface area contributed by atoms with E-state index in [4.69, 9.17) is 0 Å². The highest BCUT2D eigenvalue weighted by Gasteiger charge is 2.15. The van der Waals surface area contributed by atoms with Crippen LogP contribution in [0.2, 0.25) is 0 Å². The van der Waals surface area contributed by atoms with Crippen LogP contribution in [0.5, 0.6) is 0 Å². The molecule has 0 spiro atoms. The van der Waals surface area contributed by atoms with Crippen molar-refractivity contribution in [2.45, 2.75) is 0 Å². The van der Waals surface area contributed by atoms with Crippen LogP contribution in [0.15, 0.2) is 110 Å². The molecule has 0 aliphatic rings. The van der Waals surface area contributed by atoms with Gasteiger partial charge < -0.3 is 11.0 Å². The molecule has 0 atom stereocenters. The smallest absolute Gasteiger partial charge is 0.0273 e. The van der Waals surface area contributed by atoms with Crippen molar-refractivity contribution < 1.29 is 11.0 Å². The van der Waals surface area contributed by atoms with Crippen molar-refractivity contribution in [3.05, 3.63) is 110 Å². The highest BCUT2D eigenvalue weighted by molar-refractivity contribution is 5.94. The first-order valence-electron chi connectivity index (χ1n) is 9.70. The third-order valence-corrected chi connectivity index (χ3v) is 5.12. The Balaban J connectivity index is 0.00000144. The van der Waals surface area contributed by atoms with Crippen LogP contribution in [0, 0.1) is 0 Å². The minimum Gasteiger partial charge on any atom is -0.412 e. The molecular formula is C26H22N4O2. The summed E-state index contributed by atoms with van der Waals surface area (Å²) in [5, 5.41) is 0. The number of pyridine rings is 4.